The summed E-state index contributed by atoms with van der Waals surface area (Å²) in [6, 6.07) is 6.92. The third-order valence-corrected chi connectivity index (χ3v) is 7.13. The molecule has 1 aromatic carbocycles. The van der Waals surface area contributed by atoms with E-state index in [0.29, 0.717) is 12.0 Å². The van der Waals surface area contributed by atoms with Gasteiger partial charge >= 0.3 is 5.97 Å². The number of nitrogens with zero attached hydrogens (tertiary/aromatic N) is 2. The van der Waals surface area contributed by atoms with Crippen molar-refractivity contribution in [3.63, 3.8) is 0 Å². The molecule has 4 aliphatic heterocycles. The van der Waals surface area contributed by atoms with Crippen molar-refractivity contribution in [2.75, 3.05) is 20.8 Å². The largest absolute Gasteiger partial charge is 0.497 e. The molecule has 0 saturated carbocycles. The average Bonchev–Trinajstić information content (AvgIpc) is 2.98. The monoisotopic (exact) mass is 366 g/mol. The summed E-state index contributed by atoms with van der Waals surface area (Å²) in [6.45, 7) is 3.06. The molecule has 4 bridgehead atoms. The predicted octanol–water partition coefficient (Wildman–Crippen LogP) is 3.22. The van der Waals surface area contributed by atoms with E-state index in [1.54, 1.807) is 7.11 Å². The minimum absolute atomic E-state index is 0.0613. The second-order valence-corrected chi connectivity index (χ2v) is 8.02. The summed E-state index contributed by atoms with van der Waals surface area (Å²) in [4.78, 5) is 15.2. The fourth-order valence-corrected chi connectivity index (χ4v) is 5.94. The zero-order valence-corrected chi connectivity index (χ0v) is 16.4. The maximum absolute atomic E-state index is 12.7. The Labute approximate surface area is 159 Å². The van der Waals surface area contributed by atoms with Crippen molar-refractivity contribution in [3.8, 4) is 5.75 Å². The lowest BCUT2D eigenvalue weighted by Gasteiger charge is -2.57. The molecule has 3 fully saturated rings. The zero-order valence-electron chi connectivity index (χ0n) is 16.4. The van der Waals surface area contributed by atoms with Crippen molar-refractivity contribution >= 4 is 16.9 Å². The van der Waals surface area contributed by atoms with E-state index in [-0.39, 0.29) is 17.9 Å². The highest BCUT2D eigenvalue weighted by atomic mass is 16.5. The van der Waals surface area contributed by atoms with Gasteiger partial charge < -0.3 is 14.0 Å². The number of benzene rings is 1. The molecule has 4 aliphatic rings. The molecule has 5 atom stereocenters. The molecule has 3 saturated heterocycles. The van der Waals surface area contributed by atoms with Gasteiger partial charge in [0, 0.05) is 36.2 Å². The van der Waals surface area contributed by atoms with E-state index < -0.39 is 0 Å². The normalized spacial score (nSPS) is 32.6. The van der Waals surface area contributed by atoms with E-state index in [9.17, 15) is 4.79 Å². The van der Waals surface area contributed by atoms with Crippen LogP contribution in [0, 0.1) is 11.8 Å². The number of esters is 1. The third kappa shape index (κ3) is 2.12. The van der Waals surface area contributed by atoms with Gasteiger partial charge in [0.05, 0.1) is 26.2 Å². The Morgan fingerprint density at radius 2 is 2.11 bits per heavy atom. The number of rotatable bonds is 2. The quantitative estimate of drug-likeness (QED) is 0.605. The van der Waals surface area contributed by atoms with Crippen LogP contribution in [-0.2, 0) is 23.0 Å². The van der Waals surface area contributed by atoms with Gasteiger partial charge in [0.15, 0.2) is 0 Å². The number of piperidine rings is 3. The first-order valence-electron chi connectivity index (χ1n) is 9.72. The van der Waals surface area contributed by atoms with E-state index in [4.69, 9.17) is 9.47 Å². The second-order valence-electron chi connectivity index (χ2n) is 8.02. The summed E-state index contributed by atoms with van der Waals surface area (Å²) in [5, 5.41) is 1.26. The molecule has 0 spiro atoms. The van der Waals surface area contributed by atoms with Gasteiger partial charge in [-0.25, -0.2) is 0 Å². The summed E-state index contributed by atoms with van der Waals surface area (Å²) in [5.41, 5.74) is 5.43. The van der Waals surface area contributed by atoms with Gasteiger partial charge in [-0.15, -0.1) is 0 Å². The highest BCUT2D eigenvalue weighted by Crippen LogP contribution is 2.55. The van der Waals surface area contributed by atoms with Crippen molar-refractivity contribution in [2.24, 2.45) is 18.9 Å². The van der Waals surface area contributed by atoms with Gasteiger partial charge in [-0.05, 0) is 49.4 Å². The van der Waals surface area contributed by atoms with Crippen molar-refractivity contribution < 1.29 is 14.3 Å². The lowest BCUT2D eigenvalue weighted by molar-refractivity contribution is -0.157. The Morgan fingerprint density at radius 1 is 1.30 bits per heavy atom. The lowest BCUT2D eigenvalue weighted by Crippen LogP contribution is -2.62. The lowest BCUT2D eigenvalue weighted by atomic mass is 9.64. The molecule has 5 heterocycles. The number of hydrogen-bond donors (Lipinski definition) is 0. The highest BCUT2D eigenvalue weighted by molar-refractivity contribution is 5.88. The Kier molecular flexibility index (Phi) is 3.66. The molecule has 5 heteroatoms. The first-order chi connectivity index (χ1) is 13.1. The van der Waals surface area contributed by atoms with Crippen LogP contribution in [0.25, 0.3) is 10.9 Å². The summed E-state index contributed by atoms with van der Waals surface area (Å²) in [6.07, 6.45) is 4.09. The standard InChI is InChI=1S/C22H26N2O3/c1-5-12-11-24-18-10-16-15-8-13(26-3)6-7-17(15)23(2)21(16)19(24)9-14(12)20(18)22(25)27-4/h5-8,14,18-20H,9-11H2,1-4H3/b12-5+/t14-,18+,19+,20?/m1/s1. The minimum atomic E-state index is -0.0692. The van der Waals surface area contributed by atoms with Gasteiger partial charge in [0.1, 0.15) is 5.75 Å². The topological polar surface area (TPSA) is 43.7 Å². The number of carbonyl (C=O) groups excluding carboxylic acids is 1. The van der Waals surface area contributed by atoms with Crippen LogP contribution in [-0.4, -0.2) is 42.2 Å². The van der Waals surface area contributed by atoms with Crippen LogP contribution in [0.1, 0.15) is 30.6 Å². The molecule has 2 unspecified atom stereocenters. The van der Waals surface area contributed by atoms with Crippen LogP contribution in [0.5, 0.6) is 5.75 Å². The molecule has 0 amide bonds. The maximum atomic E-state index is 12.7. The van der Waals surface area contributed by atoms with E-state index in [1.807, 2.05) is 6.07 Å². The maximum Gasteiger partial charge on any atom is 0.310 e. The molecule has 6 rings (SSSR count). The second kappa shape index (κ2) is 5.86. The van der Waals surface area contributed by atoms with E-state index in [1.165, 1.54) is 34.8 Å². The highest BCUT2D eigenvalue weighted by Gasteiger charge is 2.56. The first kappa shape index (κ1) is 16.9. The molecular weight excluding hydrogens is 340 g/mol. The molecule has 5 nitrogen and oxygen atoms in total. The number of hydrogen-bond acceptors (Lipinski definition) is 4. The van der Waals surface area contributed by atoms with Crippen LogP contribution in [0.4, 0.5) is 0 Å². The predicted molar refractivity (Wildman–Crippen MR) is 104 cm³/mol. The Bertz CT molecular complexity index is 974. The van der Waals surface area contributed by atoms with Gasteiger partial charge in [0.2, 0.25) is 0 Å². The van der Waals surface area contributed by atoms with Crippen LogP contribution in [0.2, 0.25) is 0 Å². The van der Waals surface area contributed by atoms with E-state index in [0.717, 1.165) is 25.1 Å². The van der Waals surface area contributed by atoms with Crippen LogP contribution >= 0.6 is 0 Å². The SMILES string of the molecule is C/C=C1\CN2[C@H]3C[C@H]1C(C(=O)OC)[C@@H]2Cc1c3n(C)c2ccc(OC)cc12. The van der Waals surface area contributed by atoms with Crippen molar-refractivity contribution in [1.29, 1.82) is 0 Å². The van der Waals surface area contributed by atoms with Gasteiger partial charge in [0.25, 0.3) is 0 Å². The Balaban J connectivity index is 1.70. The van der Waals surface area contributed by atoms with Gasteiger partial charge in [-0.3, -0.25) is 9.69 Å². The molecule has 1 aromatic heterocycles. The van der Waals surface area contributed by atoms with Crippen molar-refractivity contribution in [1.82, 2.24) is 9.47 Å². The summed E-state index contributed by atoms with van der Waals surface area (Å²) < 4.78 is 13.1. The average molecular weight is 366 g/mol. The summed E-state index contributed by atoms with van der Waals surface area (Å²) in [5.74, 6) is 1.05. The molecule has 0 N–H and O–H groups in total. The molecule has 142 valence electrons. The summed E-state index contributed by atoms with van der Waals surface area (Å²) in [7, 11) is 5.40. The Morgan fingerprint density at radius 3 is 2.81 bits per heavy atom. The van der Waals surface area contributed by atoms with Gasteiger partial charge in [-0.2, -0.15) is 0 Å². The van der Waals surface area contributed by atoms with Crippen molar-refractivity contribution in [3.05, 3.63) is 41.1 Å². The number of carbonyl (C=O) groups is 1. The van der Waals surface area contributed by atoms with E-state index in [2.05, 4.69) is 41.6 Å². The fourth-order valence-electron chi connectivity index (χ4n) is 5.94. The number of ether oxygens (including phenoxy) is 2. The zero-order chi connectivity index (χ0) is 18.9. The molecule has 0 aliphatic carbocycles. The minimum Gasteiger partial charge on any atom is -0.497 e. The van der Waals surface area contributed by atoms with Crippen molar-refractivity contribution in [2.45, 2.75) is 31.8 Å². The Hall–Kier alpha value is -2.27. The third-order valence-electron chi connectivity index (χ3n) is 7.13. The first-order valence-corrected chi connectivity index (χ1v) is 9.72. The number of fused-ring (bicyclic) bond motifs is 4. The summed E-state index contributed by atoms with van der Waals surface area (Å²) >= 11 is 0. The molecule has 0 radical (unpaired) electrons. The van der Waals surface area contributed by atoms with Crippen LogP contribution < -0.4 is 4.74 Å². The molecular formula is C22H26N2O3. The number of aryl methyl sites for hydroxylation is 1. The van der Waals surface area contributed by atoms with E-state index >= 15 is 0 Å². The molecule has 27 heavy (non-hydrogen) atoms. The number of aromatic nitrogens is 1. The van der Waals surface area contributed by atoms with Gasteiger partial charge in [-0.1, -0.05) is 11.6 Å². The van der Waals surface area contributed by atoms with Crippen LogP contribution in [0.3, 0.4) is 0 Å². The number of methoxy groups -OCH3 is 2. The molecule has 2 aromatic rings. The smallest absolute Gasteiger partial charge is 0.310 e. The fraction of sp³-hybridized carbons (Fsp3) is 0.500. The van der Waals surface area contributed by atoms with Crippen LogP contribution in [0.15, 0.2) is 29.8 Å². The number of allylic oxidation sites excluding steroid dienone is 1.